The summed E-state index contributed by atoms with van der Waals surface area (Å²) in [6.07, 6.45) is 2.27. The number of carboxylic acid groups (broad SMARTS) is 1. The molecule has 0 amide bonds. The molecule has 1 aromatic heterocycles. The third-order valence-corrected chi connectivity index (χ3v) is 6.07. The number of furan rings is 1. The van der Waals surface area contributed by atoms with E-state index in [1.54, 1.807) is 18.2 Å². The summed E-state index contributed by atoms with van der Waals surface area (Å²) in [5.74, 6) is -0.271. The fraction of sp³-hybridized carbons (Fsp3) is 0.273. The van der Waals surface area contributed by atoms with Crippen molar-refractivity contribution in [3.8, 4) is 5.75 Å². The summed E-state index contributed by atoms with van der Waals surface area (Å²) in [7, 11) is 0. The quantitative estimate of drug-likeness (QED) is 0.263. The third kappa shape index (κ3) is 4.30. The van der Waals surface area contributed by atoms with Gasteiger partial charge >= 0.3 is 5.97 Å². The van der Waals surface area contributed by atoms with Crippen LogP contribution < -0.4 is 4.74 Å². The van der Waals surface area contributed by atoms with Crippen molar-refractivity contribution < 1.29 is 28.2 Å². The first kappa shape index (κ1) is 21.1. The first-order valence-electron chi connectivity index (χ1n) is 9.45. The number of ether oxygens (including phenoxy) is 1. The number of halogens is 3. The fourth-order valence-corrected chi connectivity index (χ4v) is 4.74. The molecule has 156 valence electrons. The number of carbonyl (C=O) groups is 2. The molecule has 0 atom stereocenters. The molecule has 1 aliphatic rings. The summed E-state index contributed by atoms with van der Waals surface area (Å²) in [6.45, 7) is 0.230. The van der Waals surface area contributed by atoms with E-state index in [9.17, 15) is 14.0 Å². The van der Waals surface area contributed by atoms with Crippen LogP contribution in [0.15, 0.2) is 43.7 Å². The Kier molecular flexibility index (Phi) is 5.97. The molecule has 1 saturated carbocycles. The highest BCUT2D eigenvalue weighted by Gasteiger charge is 2.34. The van der Waals surface area contributed by atoms with Crippen LogP contribution in [0.1, 0.15) is 53.3 Å². The summed E-state index contributed by atoms with van der Waals surface area (Å²) in [5, 5.41) is 9.20. The van der Waals surface area contributed by atoms with Crippen molar-refractivity contribution in [3.05, 3.63) is 62.0 Å². The van der Waals surface area contributed by atoms with Gasteiger partial charge in [0.1, 0.15) is 22.9 Å². The first-order valence-corrected chi connectivity index (χ1v) is 11.0. The number of fused-ring (bicyclic) bond motifs is 1. The van der Waals surface area contributed by atoms with E-state index >= 15 is 0 Å². The van der Waals surface area contributed by atoms with Gasteiger partial charge in [0.2, 0.25) is 0 Å². The predicted molar refractivity (Wildman–Crippen MR) is 116 cm³/mol. The van der Waals surface area contributed by atoms with Crippen molar-refractivity contribution in [2.24, 2.45) is 0 Å². The van der Waals surface area contributed by atoms with Crippen molar-refractivity contribution in [1.29, 1.82) is 0 Å². The average Bonchev–Trinajstić information content (AvgIpc) is 3.46. The van der Waals surface area contributed by atoms with Gasteiger partial charge in [-0.3, -0.25) is 9.59 Å². The van der Waals surface area contributed by atoms with E-state index in [0.29, 0.717) is 49.0 Å². The molecule has 3 aromatic rings. The van der Waals surface area contributed by atoms with Gasteiger partial charge in [0.25, 0.3) is 0 Å². The summed E-state index contributed by atoms with van der Waals surface area (Å²) >= 11 is 6.85. The van der Waals surface area contributed by atoms with Crippen molar-refractivity contribution in [3.63, 3.8) is 0 Å². The molecule has 1 aliphatic carbocycles. The minimum absolute atomic E-state index is 0.0138. The Morgan fingerprint density at radius 3 is 2.50 bits per heavy atom. The van der Waals surface area contributed by atoms with Crippen LogP contribution in [0.3, 0.4) is 0 Å². The SMILES string of the molecule is O=C(O)CCCOc1c(Br)cc(C(=O)c2c(C3CC3)oc3ccc(F)cc23)cc1Br. The van der Waals surface area contributed by atoms with Gasteiger partial charge < -0.3 is 14.3 Å². The lowest BCUT2D eigenvalue weighted by atomic mass is 9.98. The molecule has 2 aromatic carbocycles. The van der Waals surface area contributed by atoms with Gasteiger partial charge in [-0.05, 0) is 81.5 Å². The van der Waals surface area contributed by atoms with Crippen LogP contribution in [0, 0.1) is 5.82 Å². The zero-order chi connectivity index (χ0) is 21.4. The molecule has 0 bridgehead atoms. The first-order chi connectivity index (χ1) is 14.3. The maximum atomic E-state index is 13.9. The predicted octanol–water partition coefficient (Wildman–Crippen LogP) is 6.45. The van der Waals surface area contributed by atoms with Crippen LogP contribution in [0.2, 0.25) is 0 Å². The van der Waals surface area contributed by atoms with Crippen LogP contribution in [-0.4, -0.2) is 23.5 Å². The van der Waals surface area contributed by atoms with E-state index in [1.165, 1.54) is 12.1 Å². The molecule has 5 nitrogen and oxygen atoms in total. The van der Waals surface area contributed by atoms with E-state index in [0.717, 1.165) is 12.8 Å². The summed E-state index contributed by atoms with van der Waals surface area (Å²) in [5.41, 5.74) is 1.31. The number of rotatable bonds is 8. The lowest BCUT2D eigenvalue weighted by Gasteiger charge is -2.12. The molecule has 0 spiro atoms. The Bertz CT molecular complexity index is 1130. The zero-order valence-corrected chi connectivity index (χ0v) is 18.9. The topological polar surface area (TPSA) is 76.7 Å². The van der Waals surface area contributed by atoms with E-state index < -0.39 is 11.8 Å². The highest BCUT2D eigenvalue weighted by atomic mass is 79.9. The van der Waals surface area contributed by atoms with Crippen molar-refractivity contribution in [2.75, 3.05) is 6.61 Å². The fourth-order valence-electron chi connectivity index (χ4n) is 3.33. The normalized spacial score (nSPS) is 13.6. The number of aliphatic carboxylic acids is 1. The standard InChI is InChI=1S/C22H17Br2FO5/c23-15-8-12(9-16(24)22(15)29-7-1-2-18(26)27)20(28)19-14-10-13(25)5-6-17(14)30-21(19)11-3-4-11/h5-6,8-11H,1-4,7H2,(H,26,27). The van der Waals surface area contributed by atoms with E-state index in [-0.39, 0.29) is 24.7 Å². The molecule has 0 aliphatic heterocycles. The largest absolute Gasteiger partial charge is 0.491 e. The van der Waals surface area contributed by atoms with Crippen LogP contribution in [0.4, 0.5) is 4.39 Å². The summed E-state index contributed by atoms with van der Waals surface area (Å²) < 4.78 is 26.6. The van der Waals surface area contributed by atoms with E-state index in [1.807, 2.05) is 0 Å². The maximum absolute atomic E-state index is 13.9. The minimum atomic E-state index is -0.882. The van der Waals surface area contributed by atoms with Gasteiger partial charge in [-0.1, -0.05) is 0 Å². The van der Waals surface area contributed by atoms with E-state index in [4.69, 9.17) is 14.3 Å². The molecule has 0 unspecified atom stereocenters. The van der Waals surface area contributed by atoms with Crippen molar-refractivity contribution in [1.82, 2.24) is 0 Å². The molecule has 8 heteroatoms. The Labute approximate surface area is 188 Å². The molecule has 0 saturated heterocycles. The summed E-state index contributed by atoms with van der Waals surface area (Å²) in [4.78, 5) is 24.0. The number of carboxylic acids is 1. The van der Waals surface area contributed by atoms with Gasteiger partial charge in [-0.2, -0.15) is 0 Å². The van der Waals surface area contributed by atoms with Crippen LogP contribution in [0.25, 0.3) is 11.0 Å². The van der Waals surface area contributed by atoms with Crippen LogP contribution >= 0.6 is 31.9 Å². The lowest BCUT2D eigenvalue weighted by Crippen LogP contribution is -2.06. The Morgan fingerprint density at radius 1 is 1.17 bits per heavy atom. The second-order valence-corrected chi connectivity index (χ2v) is 8.91. The number of carbonyl (C=O) groups excluding carboxylic acids is 1. The zero-order valence-electron chi connectivity index (χ0n) is 15.7. The number of benzene rings is 2. The van der Waals surface area contributed by atoms with Crippen molar-refractivity contribution >= 4 is 54.6 Å². The second-order valence-electron chi connectivity index (χ2n) is 7.20. The Balaban J connectivity index is 1.66. The molecule has 1 N–H and O–H groups in total. The van der Waals surface area contributed by atoms with Crippen LogP contribution in [0.5, 0.6) is 5.75 Å². The summed E-state index contributed by atoms with van der Waals surface area (Å²) in [6, 6.07) is 7.50. The Morgan fingerprint density at radius 2 is 1.87 bits per heavy atom. The lowest BCUT2D eigenvalue weighted by molar-refractivity contribution is -0.137. The molecule has 1 heterocycles. The molecular weight excluding hydrogens is 523 g/mol. The Hall–Kier alpha value is -2.19. The molecular formula is C22H17Br2FO5. The molecule has 30 heavy (non-hydrogen) atoms. The average molecular weight is 540 g/mol. The van der Waals surface area contributed by atoms with Gasteiger partial charge in [0, 0.05) is 23.3 Å². The number of hydrogen-bond donors (Lipinski definition) is 1. The van der Waals surface area contributed by atoms with Gasteiger partial charge in [0.05, 0.1) is 21.1 Å². The minimum Gasteiger partial charge on any atom is -0.491 e. The number of ketones is 1. The maximum Gasteiger partial charge on any atom is 0.303 e. The highest BCUT2D eigenvalue weighted by Crippen LogP contribution is 2.46. The van der Waals surface area contributed by atoms with Crippen LogP contribution in [-0.2, 0) is 4.79 Å². The second kappa shape index (κ2) is 8.51. The molecule has 0 radical (unpaired) electrons. The van der Waals surface area contributed by atoms with Gasteiger partial charge in [-0.15, -0.1) is 0 Å². The monoisotopic (exact) mass is 538 g/mol. The third-order valence-electron chi connectivity index (χ3n) is 4.89. The molecule has 4 rings (SSSR count). The highest BCUT2D eigenvalue weighted by molar-refractivity contribution is 9.11. The van der Waals surface area contributed by atoms with Gasteiger partial charge in [0.15, 0.2) is 5.78 Å². The van der Waals surface area contributed by atoms with E-state index in [2.05, 4.69) is 31.9 Å². The van der Waals surface area contributed by atoms with Gasteiger partial charge in [-0.25, -0.2) is 4.39 Å². The number of hydrogen-bond acceptors (Lipinski definition) is 4. The molecule has 1 fully saturated rings. The van der Waals surface area contributed by atoms with Crippen molar-refractivity contribution in [2.45, 2.75) is 31.6 Å². The smallest absolute Gasteiger partial charge is 0.303 e.